The lowest BCUT2D eigenvalue weighted by Crippen LogP contribution is -2.28. The monoisotopic (exact) mass is 418 g/mol. The third-order valence-electron chi connectivity index (χ3n) is 3.53. The van der Waals surface area contributed by atoms with Crippen LogP contribution in [-0.2, 0) is 20.8 Å². The van der Waals surface area contributed by atoms with E-state index < -0.39 is 30.2 Å². The van der Waals surface area contributed by atoms with E-state index in [4.69, 9.17) is 21.1 Å². The van der Waals surface area contributed by atoms with Gasteiger partial charge in [-0.3, -0.25) is 10.1 Å². The standard InChI is InChI=1S/C21H23ClN2O5/c1-21(2,3)29-20(27)24-16-10-8-14(9-11-16)19(26)28-13-18(25)23-12-15-6-4-5-7-17(15)22/h4-11H,12-13H2,1-3H3,(H,23,25)(H,24,27). The number of hydrogen-bond acceptors (Lipinski definition) is 5. The van der Waals surface area contributed by atoms with E-state index in [0.717, 1.165) is 5.56 Å². The van der Waals surface area contributed by atoms with Crippen LogP contribution in [0.1, 0.15) is 36.7 Å². The Kier molecular flexibility index (Phi) is 7.61. The molecule has 0 saturated heterocycles. The Morgan fingerprint density at radius 3 is 2.28 bits per heavy atom. The third kappa shape index (κ3) is 7.83. The maximum Gasteiger partial charge on any atom is 0.412 e. The van der Waals surface area contributed by atoms with Crippen LogP contribution in [-0.4, -0.2) is 30.2 Å². The van der Waals surface area contributed by atoms with Gasteiger partial charge >= 0.3 is 12.1 Å². The van der Waals surface area contributed by atoms with Crippen molar-refractivity contribution in [3.8, 4) is 0 Å². The number of hydrogen-bond donors (Lipinski definition) is 2. The average Bonchev–Trinajstić information content (AvgIpc) is 2.64. The van der Waals surface area contributed by atoms with Crippen molar-refractivity contribution in [3.63, 3.8) is 0 Å². The zero-order valence-corrected chi connectivity index (χ0v) is 17.2. The highest BCUT2D eigenvalue weighted by Gasteiger charge is 2.16. The Balaban J connectivity index is 1.79. The molecule has 0 radical (unpaired) electrons. The van der Waals surface area contributed by atoms with Gasteiger partial charge in [0.1, 0.15) is 5.60 Å². The predicted octanol–water partition coefficient (Wildman–Crippen LogP) is 4.16. The van der Waals surface area contributed by atoms with Crippen LogP contribution in [0, 0.1) is 0 Å². The summed E-state index contributed by atoms with van der Waals surface area (Å²) in [6.45, 7) is 5.10. The number of amides is 2. The fourth-order valence-electron chi connectivity index (χ4n) is 2.21. The van der Waals surface area contributed by atoms with E-state index >= 15 is 0 Å². The summed E-state index contributed by atoms with van der Waals surface area (Å²) in [5, 5.41) is 5.74. The first-order valence-corrected chi connectivity index (χ1v) is 9.29. The third-order valence-corrected chi connectivity index (χ3v) is 3.90. The second-order valence-corrected chi connectivity index (χ2v) is 7.56. The summed E-state index contributed by atoms with van der Waals surface area (Å²) in [4.78, 5) is 35.7. The van der Waals surface area contributed by atoms with Gasteiger partial charge in [-0.15, -0.1) is 0 Å². The summed E-state index contributed by atoms with van der Waals surface area (Å²) in [6, 6.07) is 13.2. The molecule has 0 bridgehead atoms. The van der Waals surface area contributed by atoms with Gasteiger partial charge in [0, 0.05) is 17.3 Å². The van der Waals surface area contributed by atoms with Gasteiger partial charge in [-0.05, 0) is 56.7 Å². The highest BCUT2D eigenvalue weighted by Crippen LogP contribution is 2.15. The number of rotatable bonds is 6. The van der Waals surface area contributed by atoms with Gasteiger partial charge in [0.2, 0.25) is 0 Å². The molecule has 0 spiro atoms. The minimum Gasteiger partial charge on any atom is -0.452 e. The van der Waals surface area contributed by atoms with Gasteiger partial charge in [-0.1, -0.05) is 29.8 Å². The number of halogens is 1. The zero-order valence-electron chi connectivity index (χ0n) is 16.5. The first-order chi connectivity index (χ1) is 13.6. The van der Waals surface area contributed by atoms with Gasteiger partial charge in [-0.2, -0.15) is 0 Å². The van der Waals surface area contributed by atoms with Crippen LogP contribution in [0.25, 0.3) is 0 Å². The normalized spacial score (nSPS) is 10.8. The number of carbonyl (C=O) groups excluding carboxylic acids is 3. The lowest BCUT2D eigenvalue weighted by atomic mass is 10.2. The molecule has 2 aromatic rings. The molecule has 0 aliphatic carbocycles. The smallest absolute Gasteiger partial charge is 0.412 e. The van der Waals surface area contributed by atoms with Crippen LogP contribution in [0.4, 0.5) is 10.5 Å². The van der Waals surface area contributed by atoms with Gasteiger partial charge in [0.25, 0.3) is 5.91 Å². The second-order valence-electron chi connectivity index (χ2n) is 7.15. The number of esters is 1. The molecule has 2 amide bonds. The van der Waals surface area contributed by atoms with E-state index in [1.807, 2.05) is 6.07 Å². The van der Waals surface area contributed by atoms with Crippen LogP contribution >= 0.6 is 11.6 Å². The summed E-state index contributed by atoms with van der Waals surface area (Å²) in [6.07, 6.45) is -0.594. The van der Waals surface area contributed by atoms with Crippen molar-refractivity contribution in [1.82, 2.24) is 5.32 Å². The van der Waals surface area contributed by atoms with Crippen molar-refractivity contribution in [1.29, 1.82) is 0 Å². The van der Waals surface area contributed by atoms with Gasteiger partial charge < -0.3 is 14.8 Å². The SMILES string of the molecule is CC(C)(C)OC(=O)Nc1ccc(C(=O)OCC(=O)NCc2ccccc2Cl)cc1. The summed E-state index contributed by atoms with van der Waals surface area (Å²) >= 11 is 6.02. The molecule has 0 aromatic heterocycles. The molecule has 2 rings (SSSR count). The Bertz CT molecular complexity index is 875. The maximum atomic E-state index is 12.1. The summed E-state index contributed by atoms with van der Waals surface area (Å²) in [7, 11) is 0. The molecule has 7 nitrogen and oxygen atoms in total. The fourth-order valence-corrected chi connectivity index (χ4v) is 2.41. The molecule has 2 N–H and O–H groups in total. The molecular weight excluding hydrogens is 396 g/mol. The van der Waals surface area contributed by atoms with Gasteiger partial charge in [0.15, 0.2) is 6.61 Å². The molecule has 0 fully saturated rings. The molecular formula is C21H23ClN2O5. The molecule has 0 aliphatic rings. The molecule has 2 aromatic carbocycles. The number of ether oxygens (including phenoxy) is 2. The van der Waals surface area contributed by atoms with Crippen molar-refractivity contribution in [2.24, 2.45) is 0 Å². The number of nitrogens with one attached hydrogen (secondary N) is 2. The van der Waals surface area contributed by atoms with Crippen molar-refractivity contribution in [3.05, 3.63) is 64.7 Å². The minimum absolute atomic E-state index is 0.237. The van der Waals surface area contributed by atoms with Crippen molar-refractivity contribution >= 4 is 35.3 Å². The van der Waals surface area contributed by atoms with Crippen LogP contribution < -0.4 is 10.6 Å². The Labute approximate surface area is 174 Å². The van der Waals surface area contributed by atoms with E-state index in [9.17, 15) is 14.4 Å². The second kappa shape index (κ2) is 9.93. The van der Waals surface area contributed by atoms with E-state index in [1.165, 1.54) is 24.3 Å². The van der Waals surface area contributed by atoms with Crippen LogP contribution in [0.3, 0.4) is 0 Å². The molecule has 0 aliphatic heterocycles. The lowest BCUT2D eigenvalue weighted by molar-refractivity contribution is -0.124. The summed E-state index contributed by atoms with van der Waals surface area (Å²) < 4.78 is 10.2. The van der Waals surface area contributed by atoms with E-state index in [0.29, 0.717) is 10.7 Å². The fraction of sp³-hybridized carbons (Fsp3) is 0.286. The number of benzene rings is 2. The lowest BCUT2D eigenvalue weighted by Gasteiger charge is -2.19. The quantitative estimate of drug-likeness (QED) is 0.687. The Morgan fingerprint density at radius 1 is 1.00 bits per heavy atom. The average molecular weight is 419 g/mol. The predicted molar refractivity (Wildman–Crippen MR) is 110 cm³/mol. The first-order valence-electron chi connectivity index (χ1n) is 8.91. The minimum atomic E-state index is -0.651. The topological polar surface area (TPSA) is 93.7 Å². The van der Waals surface area contributed by atoms with Crippen LogP contribution in [0.15, 0.2) is 48.5 Å². The Hall–Kier alpha value is -3.06. The molecule has 29 heavy (non-hydrogen) atoms. The maximum absolute atomic E-state index is 12.1. The van der Waals surface area contributed by atoms with E-state index in [-0.39, 0.29) is 12.1 Å². The Morgan fingerprint density at radius 2 is 1.66 bits per heavy atom. The molecule has 8 heteroatoms. The number of carbonyl (C=O) groups is 3. The molecule has 0 saturated carbocycles. The van der Waals surface area contributed by atoms with E-state index in [1.54, 1.807) is 39.0 Å². The summed E-state index contributed by atoms with van der Waals surface area (Å²) in [5.74, 6) is -1.09. The van der Waals surface area contributed by atoms with Gasteiger partial charge in [-0.25, -0.2) is 9.59 Å². The van der Waals surface area contributed by atoms with Crippen molar-refractivity contribution in [2.75, 3.05) is 11.9 Å². The molecule has 0 atom stereocenters. The zero-order chi connectivity index (χ0) is 21.4. The number of anilines is 1. The summed E-state index contributed by atoms with van der Waals surface area (Å²) in [5.41, 5.74) is 0.870. The first kappa shape index (κ1) is 22.2. The van der Waals surface area contributed by atoms with Crippen molar-refractivity contribution in [2.45, 2.75) is 32.9 Å². The van der Waals surface area contributed by atoms with Crippen molar-refractivity contribution < 1.29 is 23.9 Å². The van der Waals surface area contributed by atoms with E-state index in [2.05, 4.69) is 10.6 Å². The van der Waals surface area contributed by atoms with Crippen LogP contribution in [0.2, 0.25) is 5.02 Å². The largest absolute Gasteiger partial charge is 0.452 e. The highest BCUT2D eigenvalue weighted by atomic mass is 35.5. The van der Waals surface area contributed by atoms with Crippen LogP contribution in [0.5, 0.6) is 0 Å². The molecule has 0 unspecified atom stereocenters. The van der Waals surface area contributed by atoms with Gasteiger partial charge in [0.05, 0.1) is 5.56 Å². The highest BCUT2D eigenvalue weighted by molar-refractivity contribution is 6.31. The molecule has 154 valence electrons. The molecule has 0 heterocycles.